The van der Waals surface area contributed by atoms with Gasteiger partial charge in [-0.25, -0.2) is 0 Å². The van der Waals surface area contributed by atoms with E-state index in [0.717, 1.165) is 38.8 Å². The zero-order valence-electron chi connectivity index (χ0n) is 31.8. The van der Waals surface area contributed by atoms with Crippen LogP contribution in [0.1, 0.15) is 43.0 Å². The highest BCUT2D eigenvalue weighted by molar-refractivity contribution is 6.34. The largest absolute Gasteiger partial charge is 0.385 e. The molecule has 7 aromatic carbocycles. The summed E-state index contributed by atoms with van der Waals surface area (Å²) in [6.45, 7) is 20.7. The van der Waals surface area contributed by atoms with Crippen LogP contribution in [0.5, 0.6) is 0 Å². The van der Waals surface area contributed by atoms with Crippen LogP contribution in [0.4, 0.5) is 0 Å². The van der Waals surface area contributed by atoms with Gasteiger partial charge in [0.1, 0.15) is 5.82 Å². The summed E-state index contributed by atoms with van der Waals surface area (Å²) in [6, 6.07) is 53.1. The summed E-state index contributed by atoms with van der Waals surface area (Å²) in [7, 11) is 0. The van der Waals surface area contributed by atoms with Gasteiger partial charge in [0.25, 0.3) is 0 Å². The molecule has 0 unspecified atom stereocenters. The van der Waals surface area contributed by atoms with Gasteiger partial charge >= 0.3 is 0 Å². The zero-order valence-corrected chi connectivity index (χ0v) is 31.8. The van der Waals surface area contributed by atoms with Crippen molar-refractivity contribution in [2.75, 3.05) is 0 Å². The van der Waals surface area contributed by atoms with E-state index in [1.165, 1.54) is 49.1 Å². The van der Waals surface area contributed by atoms with Crippen molar-refractivity contribution >= 4 is 65.8 Å². The number of hydrogen-bond donors (Lipinski definition) is 1. The van der Waals surface area contributed by atoms with E-state index in [9.17, 15) is 0 Å². The Morgan fingerprint density at radius 3 is 1.47 bits per heavy atom. The van der Waals surface area contributed by atoms with Crippen LogP contribution in [0.3, 0.4) is 0 Å². The average molecular weight is 692 g/mol. The molecular formula is C50H49N3. The molecular weight excluding hydrogens is 643 g/mol. The molecule has 0 bridgehead atoms. The van der Waals surface area contributed by atoms with E-state index in [4.69, 9.17) is 5.73 Å². The number of rotatable bonds is 3. The molecule has 0 aliphatic carbocycles. The summed E-state index contributed by atoms with van der Waals surface area (Å²) in [4.78, 5) is 0. The summed E-state index contributed by atoms with van der Waals surface area (Å²) in [5, 5.41) is 7.22. The van der Waals surface area contributed by atoms with E-state index in [1.807, 2.05) is 39.0 Å². The minimum atomic E-state index is 0.509. The van der Waals surface area contributed by atoms with Gasteiger partial charge in [-0.2, -0.15) is 0 Å². The van der Waals surface area contributed by atoms with Crippen molar-refractivity contribution in [1.82, 2.24) is 9.13 Å². The fraction of sp³-hybridized carbons (Fsp3) is 0.120. The second kappa shape index (κ2) is 15.9. The van der Waals surface area contributed by atoms with E-state index in [2.05, 4.69) is 177 Å². The number of fused-ring (bicyclic) bond motifs is 10. The van der Waals surface area contributed by atoms with Crippen molar-refractivity contribution in [1.29, 1.82) is 0 Å². The molecule has 0 saturated carbocycles. The molecule has 0 fully saturated rings. The quantitative estimate of drug-likeness (QED) is 0.184. The first-order valence-electron chi connectivity index (χ1n) is 18.4. The van der Waals surface area contributed by atoms with Gasteiger partial charge < -0.3 is 10.3 Å². The zero-order chi connectivity index (χ0) is 37.6. The number of aryl methyl sites for hydroxylation is 3. The summed E-state index contributed by atoms with van der Waals surface area (Å²) < 4.78 is 4.52. The molecule has 0 saturated heterocycles. The maximum atomic E-state index is 6.49. The Balaban J connectivity index is 0.000000234. The van der Waals surface area contributed by atoms with Crippen LogP contribution in [-0.4, -0.2) is 9.13 Å². The van der Waals surface area contributed by atoms with Gasteiger partial charge in [0.15, 0.2) is 0 Å². The summed E-state index contributed by atoms with van der Waals surface area (Å²) in [5.74, 6) is 0.509. The highest BCUT2D eigenvalue weighted by atomic mass is 15.1. The van der Waals surface area contributed by atoms with Gasteiger partial charge in [0.2, 0.25) is 0 Å². The minimum absolute atomic E-state index is 0.509. The van der Waals surface area contributed by atoms with Crippen molar-refractivity contribution in [3.8, 4) is 5.69 Å². The lowest BCUT2D eigenvalue weighted by molar-refractivity contribution is 1.18. The second-order valence-electron chi connectivity index (χ2n) is 13.3. The van der Waals surface area contributed by atoms with Crippen LogP contribution in [0.25, 0.3) is 71.5 Å². The van der Waals surface area contributed by atoms with Gasteiger partial charge in [-0.05, 0) is 78.7 Å². The lowest BCUT2D eigenvalue weighted by atomic mass is 9.98. The second-order valence-corrected chi connectivity index (χ2v) is 13.3. The molecule has 264 valence electrons. The lowest BCUT2D eigenvalue weighted by Gasteiger charge is -2.13. The maximum absolute atomic E-state index is 6.49. The highest BCUT2D eigenvalue weighted by Gasteiger charge is 2.25. The van der Waals surface area contributed by atoms with Crippen LogP contribution < -0.4 is 5.73 Å². The standard InChI is InChI=1S/C33H25N3.C8H10.C7H8.C2H6/c1-20(2)22-16-18-23(19-17-22)36-31-27-13-7-5-11-25(27)24-10-4-6-12-26(24)30(31)33-32(36)28-14-8-9-15-29(28)35(33)21(3)34;1-7-5-3-4-6-8(7)2;1-7-5-3-2-4-6-7;1-2/h4-19H,1,3,34H2,2H3;3-6H,1-2H3;2-6H,1H3;1-2H3. The van der Waals surface area contributed by atoms with E-state index in [1.54, 1.807) is 0 Å². The molecule has 3 heteroatoms. The Morgan fingerprint density at radius 2 is 0.962 bits per heavy atom. The Kier molecular flexibility index (Phi) is 11.0. The third-order valence-electron chi connectivity index (χ3n) is 9.71. The molecule has 53 heavy (non-hydrogen) atoms. The third kappa shape index (κ3) is 6.99. The van der Waals surface area contributed by atoms with Crippen molar-refractivity contribution in [3.05, 3.63) is 187 Å². The van der Waals surface area contributed by atoms with E-state index in [0.29, 0.717) is 5.82 Å². The average Bonchev–Trinajstić information content (AvgIpc) is 3.71. The molecule has 0 spiro atoms. The number of nitrogens with zero attached hydrogens (tertiary/aromatic N) is 2. The molecule has 2 heterocycles. The molecule has 3 nitrogen and oxygen atoms in total. The van der Waals surface area contributed by atoms with Gasteiger partial charge in [0.05, 0.1) is 22.1 Å². The van der Waals surface area contributed by atoms with E-state index < -0.39 is 0 Å². The van der Waals surface area contributed by atoms with Crippen molar-refractivity contribution in [3.63, 3.8) is 0 Å². The monoisotopic (exact) mass is 691 g/mol. The first-order chi connectivity index (χ1) is 25.8. The van der Waals surface area contributed by atoms with Crippen molar-refractivity contribution in [2.24, 2.45) is 5.73 Å². The van der Waals surface area contributed by atoms with Crippen LogP contribution in [-0.2, 0) is 0 Å². The van der Waals surface area contributed by atoms with Crippen LogP contribution >= 0.6 is 0 Å². The third-order valence-corrected chi connectivity index (χ3v) is 9.71. The van der Waals surface area contributed by atoms with Gasteiger partial charge in [-0.1, -0.05) is 172 Å². The fourth-order valence-corrected chi connectivity index (χ4v) is 7.03. The first-order valence-corrected chi connectivity index (χ1v) is 18.4. The summed E-state index contributed by atoms with van der Waals surface area (Å²) in [5.41, 5.74) is 18.3. The Morgan fingerprint density at radius 1 is 0.491 bits per heavy atom. The molecule has 0 radical (unpaired) electrons. The summed E-state index contributed by atoms with van der Waals surface area (Å²) in [6.07, 6.45) is 0. The Bertz CT molecular complexity index is 2680. The van der Waals surface area contributed by atoms with E-state index in [-0.39, 0.29) is 0 Å². The maximum Gasteiger partial charge on any atom is 0.100 e. The van der Waals surface area contributed by atoms with Crippen LogP contribution in [0, 0.1) is 20.8 Å². The lowest BCUT2D eigenvalue weighted by Crippen LogP contribution is -2.03. The van der Waals surface area contributed by atoms with Crippen molar-refractivity contribution < 1.29 is 0 Å². The van der Waals surface area contributed by atoms with Crippen LogP contribution in [0.2, 0.25) is 0 Å². The van der Waals surface area contributed by atoms with Crippen LogP contribution in [0.15, 0.2) is 165 Å². The van der Waals surface area contributed by atoms with Gasteiger partial charge in [-0.3, -0.25) is 4.57 Å². The molecule has 0 aliphatic heterocycles. The van der Waals surface area contributed by atoms with E-state index >= 15 is 0 Å². The Labute approximate surface area is 313 Å². The topological polar surface area (TPSA) is 35.9 Å². The number of para-hydroxylation sites is 1. The number of aromatic nitrogens is 2. The fourth-order valence-electron chi connectivity index (χ4n) is 7.03. The molecule has 9 aromatic rings. The highest BCUT2D eigenvalue weighted by Crippen LogP contribution is 2.46. The summed E-state index contributed by atoms with van der Waals surface area (Å²) >= 11 is 0. The predicted molar refractivity (Wildman–Crippen MR) is 234 cm³/mol. The molecule has 2 aromatic heterocycles. The predicted octanol–water partition coefficient (Wildman–Crippen LogP) is 13.8. The smallest absolute Gasteiger partial charge is 0.100 e. The molecule has 0 amide bonds. The van der Waals surface area contributed by atoms with Crippen molar-refractivity contribution in [2.45, 2.75) is 41.5 Å². The number of allylic oxidation sites excluding steroid dienone is 1. The number of benzene rings is 7. The molecule has 2 N–H and O–H groups in total. The molecule has 0 aliphatic rings. The number of hydrogen-bond acceptors (Lipinski definition) is 1. The first kappa shape index (κ1) is 36.5. The minimum Gasteiger partial charge on any atom is -0.385 e. The van der Waals surface area contributed by atoms with Gasteiger partial charge in [-0.15, -0.1) is 0 Å². The Hall–Kier alpha value is -6.32. The SMILES string of the molecule is C=C(C)c1ccc(-n2c3c4ccccc4c4ccccc4c3c3c2c2ccccc2n3C(=C)N)cc1.CC.Cc1ccccc1.Cc1ccccc1C. The molecule has 0 atom stereocenters. The van der Waals surface area contributed by atoms with Gasteiger partial charge in [0, 0.05) is 21.8 Å². The normalized spacial score (nSPS) is 10.7. The molecule has 9 rings (SSSR count). The number of nitrogens with two attached hydrogens (primary N) is 1.